The van der Waals surface area contributed by atoms with Crippen LogP contribution in [0, 0.1) is 0 Å². The molecule has 2 unspecified atom stereocenters. The van der Waals surface area contributed by atoms with Crippen LogP contribution in [0.15, 0.2) is 35.3 Å². The lowest BCUT2D eigenvalue weighted by atomic mass is 9.95. The van der Waals surface area contributed by atoms with Gasteiger partial charge in [0.1, 0.15) is 11.9 Å². The second-order valence-corrected chi connectivity index (χ2v) is 5.28. The van der Waals surface area contributed by atoms with E-state index in [9.17, 15) is 5.11 Å². The van der Waals surface area contributed by atoms with Crippen molar-refractivity contribution in [2.45, 2.75) is 44.4 Å². The Morgan fingerprint density at radius 2 is 2.00 bits per heavy atom. The summed E-state index contributed by atoms with van der Waals surface area (Å²) in [6, 6.07) is 9.86. The monoisotopic (exact) mass is 244 g/mol. The highest BCUT2D eigenvalue weighted by atomic mass is 16.3. The molecule has 3 nitrogen and oxygen atoms in total. The van der Waals surface area contributed by atoms with Crippen LogP contribution in [0.5, 0.6) is 0 Å². The number of rotatable bonds is 1. The molecule has 0 radical (unpaired) electrons. The number of amidine groups is 1. The Morgan fingerprint density at radius 3 is 2.78 bits per heavy atom. The van der Waals surface area contributed by atoms with E-state index in [-0.39, 0.29) is 6.04 Å². The van der Waals surface area contributed by atoms with Gasteiger partial charge >= 0.3 is 0 Å². The summed E-state index contributed by atoms with van der Waals surface area (Å²) in [6.45, 7) is 2.92. The van der Waals surface area contributed by atoms with Gasteiger partial charge in [-0.25, -0.2) is 0 Å². The summed E-state index contributed by atoms with van der Waals surface area (Å²) in [5.74, 6) is 1.09. The highest BCUT2D eigenvalue weighted by Crippen LogP contribution is 2.38. The molecule has 1 N–H and O–H groups in total. The van der Waals surface area contributed by atoms with Gasteiger partial charge in [-0.1, -0.05) is 36.8 Å². The van der Waals surface area contributed by atoms with Crippen LogP contribution in [0.2, 0.25) is 0 Å². The molecule has 1 fully saturated rings. The summed E-state index contributed by atoms with van der Waals surface area (Å²) in [5.41, 5.74) is 0.0131. The van der Waals surface area contributed by atoms with Gasteiger partial charge in [0.25, 0.3) is 0 Å². The zero-order valence-corrected chi connectivity index (χ0v) is 10.8. The number of aliphatic hydroxyl groups is 1. The lowest BCUT2D eigenvalue weighted by molar-refractivity contribution is -0.0789. The molecule has 0 aliphatic carbocycles. The summed E-state index contributed by atoms with van der Waals surface area (Å²) in [7, 11) is 0. The topological polar surface area (TPSA) is 35.8 Å². The molecule has 1 aromatic rings. The van der Waals surface area contributed by atoms with Crippen molar-refractivity contribution >= 4 is 5.84 Å². The van der Waals surface area contributed by atoms with Crippen molar-refractivity contribution in [3.8, 4) is 0 Å². The van der Waals surface area contributed by atoms with E-state index in [0.29, 0.717) is 0 Å². The van der Waals surface area contributed by atoms with Gasteiger partial charge in [0.2, 0.25) is 0 Å². The summed E-state index contributed by atoms with van der Waals surface area (Å²) in [5, 5.41) is 11.2. The molecule has 2 heterocycles. The molecular weight excluding hydrogens is 224 g/mol. The molecule has 0 saturated carbocycles. The van der Waals surface area contributed by atoms with Crippen LogP contribution >= 0.6 is 0 Å². The molecule has 2 aliphatic heterocycles. The molecule has 3 rings (SSSR count). The minimum Gasteiger partial charge on any atom is -0.365 e. The fourth-order valence-corrected chi connectivity index (χ4v) is 3.11. The molecule has 2 aliphatic rings. The van der Waals surface area contributed by atoms with Gasteiger partial charge in [-0.3, -0.25) is 4.99 Å². The molecule has 1 saturated heterocycles. The molecule has 0 amide bonds. The van der Waals surface area contributed by atoms with E-state index in [1.165, 1.54) is 12.8 Å². The fourth-order valence-electron chi connectivity index (χ4n) is 3.11. The molecule has 0 aromatic heterocycles. The zero-order valence-electron chi connectivity index (χ0n) is 10.8. The first-order valence-corrected chi connectivity index (χ1v) is 6.85. The van der Waals surface area contributed by atoms with E-state index < -0.39 is 5.72 Å². The van der Waals surface area contributed by atoms with Crippen molar-refractivity contribution < 1.29 is 5.11 Å². The highest BCUT2D eigenvalue weighted by molar-refractivity contribution is 5.85. The lowest BCUT2D eigenvalue weighted by Gasteiger charge is -2.38. The first kappa shape index (κ1) is 11.7. The standard InChI is InChI=1S/C15H20N2O/c1-12-15(18,13-8-4-2-5-9-13)17-11-7-3-6-10-14(17)16-12/h2,4-5,8-9,12,18H,3,6-7,10-11H2,1H3. The van der Waals surface area contributed by atoms with Gasteiger partial charge in [-0.15, -0.1) is 0 Å². The van der Waals surface area contributed by atoms with Crippen molar-refractivity contribution in [1.29, 1.82) is 0 Å². The fraction of sp³-hybridized carbons (Fsp3) is 0.533. The Labute approximate surface area is 108 Å². The van der Waals surface area contributed by atoms with Crippen LogP contribution in [-0.4, -0.2) is 28.4 Å². The van der Waals surface area contributed by atoms with Crippen LogP contribution in [-0.2, 0) is 5.72 Å². The van der Waals surface area contributed by atoms with Crippen molar-refractivity contribution in [1.82, 2.24) is 4.90 Å². The Hall–Kier alpha value is -1.35. The molecule has 18 heavy (non-hydrogen) atoms. The van der Waals surface area contributed by atoms with Gasteiger partial charge in [0.05, 0.1) is 0 Å². The van der Waals surface area contributed by atoms with E-state index in [4.69, 9.17) is 4.99 Å². The highest BCUT2D eigenvalue weighted by Gasteiger charge is 2.47. The third kappa shape index (κ3) is 1.65. The first-order chi connectivity index (χ1) is 8.73. The Balaban J connectivity index is 2.01. The van der Waals surface area contributed by atoms with Crippen molar-refractivity contribution in [3.05, 3.63) is 35.9 Å². The largest absolute Gasteiger partial charge is 0.365 e. The number of fused-ring (bicyclic) bond motifs is 1. The Kier molecular flexibility index (Phi) is 2.86. The quantitative estimate of drug-likeness (QED) is 0.824. The minimum atomic E-state index is -0.944. The van der Waals surface area contributed by atoms with Gasteiger partial charge in [0.15, 0.2) is 5.72 Å². The summed E-state index contributed by atoms with van der Waals surface area (Å²) < 4.78 is 0. The number of hydrogen-bond acceptors (Lipinski definition) is 3. The second kappa shape index (κ2) is 4.39. The van der Waals surface area contributed by atoms with E-state index in [0.717, 1.165) is 30.8 Å². The zero-order chi connectivity index (χ0) is 12.6. The van der Waals surface area contributed by atoms with Gasteiger partial charge < -0.3 is 10.0 Å². The third-order valence-corrected chi connectivity index (χ3v) is 4.13. The molecule has 2 atom stereocenters. The van der Waals surface area contributed by atoms with Crippen molar-refractivity contribution in [2.24, 2.45) is 4.99 Å². The third-order valence-electron chi connectivity index (χ3n) is 4.13. The molecule has 1 aromatic carbocycles. The Morgan fingerprint density at radius 1 is 1.22 bits per heavy atom. The van der Waals surface area contributed by atoms with Crippen LogP contribution in [0.3, 0.4) is 0 Å². The number of aliphatic imine (C=N–C) groups is 1. The van der Waals surface area contributed by atoms with E-state index in [2.05, 4.69) is 4.90 Å². The number of benzene rings is 1. The maximum Gasteiger partial charge on any atom is 0.188 e. The van der Waals surface area contributed by atoms with Crippen LogP contribution in [0.1, 0.15) is 38.2 Å². The predicted octanol–water partition coefficient (Wildman–Crippen LogP) is 2.51. The SMILES string of the molecule is CC1N=C2CCCCCN2C1(O)c1ccccc1. The number of hydrogen-bond donors (Lipinski definition) is 1. The van der Waals surface area contributed by atoms with Crippen LogP contribution < -0.4 is 0 Å². The van der Waals surface area contributed by atoms with E-state index in [1.807, 2.05) is 37.3 Å². The van der Waals surface area contributed by atoms with Gasteiger partial charge in [0, 0.05) is 18.5 Å². The Bertz CT molecular complexity index is 457. The predicted molar refractivity (Wildman–Crippen MR) is 72.4 cm³/mol. The maximum atomic E-state index is 11.2. The van der Waals surface area contributed by atoms with E-state index >= 15 is 0 Å². The van der Waals surface area contributed by atoms with Gasteiger partial charge in [-0.2, -0.15) is 0 Å². The van der Waals surface area contributed by atoms with Crippen molar-refractivity contribution in [3.63, 3.8) is 0 Å². The maximum absolute atomic E-state index is 11.2. The summed E-state index contributed by atoms with van der Waals surface area (Å²) in [6.07, 6.45) is 4.56. The lowest BCUT2D eigenvalue weighted by Crippen LogP contribution is -2.49. The van der Waals surface area contributed by atoms with E-state index in [1.54, 1.807) is 0 Å². The molecule has 3 heteroatoms. The molecule has 0 spiro atoms. The summed E-state index contributed by atoms with van der Waals surface area (Å²) >= 11 is 0. The normalized spacial score (nSPS) is 31.8. The molecule has 0 bridgehead atoms. The number of nitrogens with zero attached hydrogens (tertiary/aromatic N) is 2. The second-order valence-electron chi connectivity index (χ2n) is 5.28. The van der Waals surface area contributed by atoms with Crippen LogP contribution in [0.25, 0.3) is 0 Å². The average Bonchev–Trinajstić information content (AvgIpc) is 2.59. The van der Waals surface area contributed by atoms with Crippen molar-refractivity contribution in [2.75, 3.05) is 6.54 Å². The summed E-state index contributed by atoms with van der Waals surface area (Å²) in [4.78, 5) is 6.82. The molecular formula is C15H20N2O. The van der Waals surface area contributed by atoms with Crippen LogP contribution in [0.4, 0.5) is 0 Å². The first-order valence-electron chi connectivity index (χ1n) is 6.85. The molecule has 96 valence electrons. The minimum absolute atomic E-state index is 0.0898. The smallest absolute Gasteiger partial charge is 0.188 e. The average molecular weight is 244 g/mol. The van der Waals surface area contributed by atoms with Gasteiger partial charge in [-0.05, 0) is 19.8 Å².